The fraction of sp³-hybridized carbons (Fsp3) is 0.278. The van der Waals surface area contributed by atoms with E-state index in [1.807, 2.05) is 13.1 Å². The zero-order chi connectivity index (χ0) is 16.6. The molecule has 0 amide bonds. The van der Waals surface area contributed by atoms with Crippen molar-refractivity contribution in [3.05, 3.63) is 59.2 Å². The monoisotopic (exact) mass is 331 g/mol. The molecule has 0 radical (unpaired) electrons. The lowest BCUT2D eigenvalue weighted by atomic mass is 9.97. The first-order valence-electron chi connectivity index (χ1n) is 7.50. The molecule has 3 nitrogen and oxygen atoms in total. The largest absolute Gasteiger partial charge is 0.264 e. The van der Waals surface area contributed by atoms with Gasteiger partial charge in [0.2, 0.25) is 0 Å². The Balaban J connectivity index is 2.10. The van der Waals surface area contributed by atoms with Gasteiger partial charge in [0.1, 0.15) is 10.7 Å². The van der Waals surface area contributed by atoms with Gasteiger partial charge in [-0.15, -0.1) is 0 Å². The Hall–Kier alpha value is -2.01. The van der Waals surface area contributed by atoms with Crippen LogP contribution in [-0.2, 0) is 9.84 Å². The second kappa shape index (κ2) is 5.89. The molecule has 3 rings (SSSR count). The summed E-state index contributed by atoms with van der Waals surface area (Å²) in [7, 11) is -3.55. The summed E-state index contributed by atoms with van der Waals surface area (Å²) >= 11 is 0. The Morgan fingerprint density at radius 3 is 2.35 bits per heavy atom. The Bertz CT molecular complexity index is 901. The summed E-state index contributed by atoms with van der Waals surface area (Å²) in [5.74, 6) is -0.689. The van der Waals surface area contributed by atoms with Crippen molar-refractivity contribution in [1.82, 2.24) is 4.98 Å². The number of aryl methyl sites for hydroxylation is 1. The van der Waals surface area contributed by atoms with Crippen LogP contribution < -0.4 is 0 Å². The van der Waals surface area contributed by atoms with Gasteiger partial charge in [-0.1, -0.05) is 6.07 Å². The zero-order valence-electron chi connectivity index (χ0n) is 13.1. The maximum absolute atomic E-state index is 14.2. The molecule has 0 fully saturated rings. The average molecular weight is 331 g/mol. The molecule has 2 aromatic rings. The van der Waals surface area contributed by atoms with E-state index in [0.717, 1.165) is 47.8 Å². The van der Waals surface area contributed by atoms with Crippen LogP contribution in [0.1, 0.15) is 36.0 Å². The van der Waals surface area contributed by atoms with Crippen LogP contribution in [0, 0.1) is 12.7 Å². The molecule has 0 bridgehead atoms. The van der Waals surface area contributed by atoms with E-state index in [1.54, 1.807) is 12.3 Å². The maximum Gasteiger partial charge on any atom is 0.178 e. The third-order valence-corrected chi connectivity index (χ3v) is 5.25. The summed E-state index contributed by atoms with van der Waals surface area (Å²) in [4.78, 5) is 3.98. The van der Waals surface area contributed by atoms with Crippen LogP contribution in [0.3, 0.4) is 0 Å². The number of hydrogen-bond acceptors (Lipinski definition) is 3. The van der Waals surface area contributed by atoms with Crippen molar-refractivity contribution in [2.75, 3.05) is 6.26 Å². The first kappa shape index (κ1) is 15.9. The molecule has 0 spiro atoms. The molecule has 0 saturated carbocycles. The van der Waals surface area contributed by atoms with E-state index in [-0.39, 0.29) is 4.90 Å². The summed E-state index contributed by atoms with van der Waals surface area (Å²) in [6.07, 6.45) is 7.45. The minimum absolute atomic E-state index is 0.251. The van der Waals surface area contributed by atoms with Crippen LogP contribution in [0.2, 0.25) is 0 Å². The standard InChI is InChI=1S/C18H18FNO2S/c1-12-8-14(11-20-10-12)16-5-3-4-15(16)13-6-7-18(17(19)9-13)23(2,21)22/h6-11H,3-5H2,1-2H3. The Morgan fingerprint density at radius 2 is 1.74 bits per heavy atom. The highest BCUT2D eigenvalue weighted by Crippen LogP contribution is 2.40. The molecule has 0 saturated heterocycles. The van der Waals surface area contributed by atoms with Crippen LogP contribution in [0.5, 0.6) is 0 Å². The maximum atomic E-state index is 14.2. The highest BCUT2D eigenvalue weighted by Gasteiger charge is 2.20. The molecule has 1 aliphatic rings. The third kappa shape index (κ3) is 3.20. The SMILES string of the molecule is Cc1cncc(C2=C(c3ccc(S(C)(=O)=O)c(F)c3)CCC2)c1. The number of hydrogen-bond donors (Lipinski definition) is 0. The van der Waals surface area contributed by atoms with Gasteiger partial charge < -0.3 is 0 Å². The van der Waals surface area contributed by atoms with Gasteiger partial charge in [0.15, 0.2) is 9.84 Å². The van der Waals surface area contributed by atoms with Gasteiger partial charge in [-0.25, -0.2) is 12.8 Å². The van der Waals surface area contributed by atoms with E-state index < -0.39 is 15.7 Å². The Morgan fingerprint density at radius 1 is 1.04 bits per heavy atom. The summed E-state index contributed by atoms with van der Waals surface area (Å²) < 4.78 is 37.3. The smallest absolute Gasteiger partial charge is 0.178 e. The van der Waals surface area contributed by atoms with Crippen LogP contribution in [0.25, 0.3) is 11.1 Å². The van der Waals surface area contributed by atoms with Crippen LogP contribution >= 0.6 is 0 Å². The molecule has 0 N–H and O–H groups in total. The fourth-order valence-corrected chi connectivity index (χ4v) is 3.82. The third-order valence-electron chi connectivity index (χ3n) is 4.12. The highest BCUT2D eigenvalue weighted by molar-refractivity contribution is 7.90. The fourth-order valence-electron chi connectivity index (χ4n) is 3.09. The van der Waals surface area contributed by atoms with Crippen molar-refractivity contribution in [3.8, 4) is 0 Å². The van der Waals surface area contributed by atoms with Crippen LogP contribution in [0.15, 0.2) is 41.6 Å². The van der Waals surface area contributed by atoms with Crippen molar-refractivity contribution >= 4 is 21.0 Å². The first-order valence-corrected chi connectivity index (χ1v) is 9.39. The van der Waals surface area contributed by atoms with Gasteiger partial charge >= 0.3 is 0 Å². The summed E-state index contributed by atoms with van der Waals surface area (Å²) in [6, 6.07) is 6.47. The molecule has 0 aliphatic heterocycles. The molecule has 1 heterocycles. The van der Waals surface area contributed by atoms with Gasteiger partial charge in [-0.3, -0.25) is 4.98 Å². The number of benzene rings is 1. The van der Waals surface area contributed by atoms with E-state index in [9.17, 15) is 12.8 Å². The molecule has 1 aromatic carbocycles. The number of rotatable bonds is 3. The second-order valence-electron chi connectivity index (χ2n) is 5.98. The minimum atomic E-state index is -3.55. The Kier molecular flexibility index (Phi) is 4.06. The van der Waals surface area contributed by atoms with Crippen molar-refractivity contribution in [2.24, 2.45) is 0 Å². The number of halogens is 1. The predicted octanol–water partition coefficient (Wildman–Crippen LogP) is 4.03. The van der Waals surface area contributed by atoms with Crippen molar-refractivity contribution in [1.29, 1.82) is 0 Å². The zero-order valence-corrected chi connectivity index (χ0v) is 14.0. The lowest BCUT2D eigenvalue weighted by Crippen LogP contribution is -2.01. The highest BCUT2D eigenvalue weighted by atomic mass is 32.2. The van der Waals surface area contributed by atoms with E-state index in [4.69, 9.17) is 0 Å². The van der Waals surface area contributed by atoms with Gasteiger partial charge in [0.25, 0.3) is 0 Å². The van der Waals surface area contributed by atoms with Crippen molar-refractivity contribution in [3.63, 3.8) is 0 Å². The van der Waals surface area contributed by atoms with Gasteiger partial charge in [-0.2, -0.15) is 0 Å². The van der Waals surface area contributed by atoms with E-state index in [2.05, 4.69) is 11.1 Å². The second-order valence-corrected chi connectivity index (χ2v) is 7.96. The molecule has 120 valence electrons. The first-order chi connectivity index (χ1) is 10.9. The molecule has 23 heavy (non-hydrogen) atoms. The molecular weight excluding hydrogens is 313 g/mol. The van der Waals surface area contributed by atoms with Crippen LogP contribution in [0.4, 0.5) is 4.39 Å². The molecule has 1 aliphatic carbocycles. The topological polar surface area (TPSA) is 47.0 Å². The molecule has 1 aromatic heterocycles. The van der Waals surface area contributed by atoms with Gasteiger partial charge in [0.05, 0.1) is 0 Å². The number of pyridine rings is 1. The van der Waals surface area contributed by atoms with Gasteiger partial charge in [-0.05, 0) is 72.2 Å². The van der Waals surface area contributed by atoms with Crippen LogP contribution in [-0.4, -0.2) is 19.7 Å². The summed E-state index contributed by atoms with van der Waals surface area (Å²) in [5.41, 5.74) is 5.15. The quantitative estimate of drug-likeness (QED) is 0.853. The summed E-state index contributed by atoms with van der Waals surface area (Å²) in [6.45, 7) is 1.99. The van der Waals surface area contributed by atoms with Gasteiger partial charge in [0, 0.05) is 18.6 Å². The number of sulfone groups is 1. The normalized spacial score (nSPS) is 15.3. The Labute approximate surface area is 135 Å². The lowest BCUT2D eigenvalue weighted by molar-refractivity contribution is 0.570. The lowest BCUT2D eigenvalue weighted by Gasteiger charge is -2.10. The summed E-state index contributed by atoms with van der Waals surface area (Å²) in [5, 5.41) is 0. The van der Waals surface area contributed by atoms with E-state index >= 15 is 0 Å². The number of nitrogens with zero attached hydrogens (tertiary/aromatic N) is 1. The molecule has 0 unspecified atom stereocenters. The van der Waals surface area contributed by atoms with Crippen molar-refractivity contribution in [2.45, 2.75) is 31.1 Å². The van der Waals surface area contributed by atoms with E-state index in [0.29, 0.717) is 0 Å². The van der Waals surface area contributed by atoms with E-state index in [1.165, 1.54) is 17.7 Å². The molecular formula is C18H18FNO2S. The molecule has 5 heteroatoms. The minimum Gasteiger partial charge on any atom is -0.264 e. The number of aromatic nitrogens is 1. The molecule has 0 atom stereocenters. The predicted molar refractivity (Wildman–Crippen MR) is 89.1 cm³/mol. The average Bonchev–Trinajstić information content (AvgIpc) is 2.95. The van der Waals surface area contributed by atoms with Crippen molar-refractivity contribution < 1.29 is 12.8 Å². The number of allylic oxidation sites excluding steroid dienone is 2.